The maximum absolute atomic E-state index is 12.7. The molecule has 0 spiro atoms. The first-order valence-electron chi connectivity index (χ1n) is 16.2. The SMILES string of the molecule is C=C(C)CC(OC)C(O)C(=O)NCCC[C@@H](O)C(C)(C)[C@@H](CC(O)C(C)C1Cc2c(C)c(O)cc(O)c2C(=O)O1)OC.CC.COC. The molecule has 1 heterocycles. The largest absolute Gasteiger partial charge is 0.508 e. The first kappa shape index (κ1) is 44.3. The van der Waals surface area contributed by atoms with Crippen LogP contribution in [-0.4, -0.2) is 109 Å². The number of phenolic OH excluding ortho intramolecular Hbond substituents is 2. The molecule has 0 radical (unpaired) electrons. The van der Waals surface area contributed by atoms with E-state index >= 15 is 0 Å². The molecule has 1 aliphatic heterocycles. The highest BCUT2D eigenvalue weighted by atomic mass is 16.5. The summed E-state index contributed by atoms with van der Waals surface area (Å²) in [5.41, 5.74) is 0.984. The number of esters is 1. The quantitative estimate of drug-likeness (QED) is 0.0854. The predicted molar refractivity (Wildman–Crippen MR) is 181 cm³/mol. The Morgan fingerprint density at radius 1 is 1.11 bits per heavy atom. The number of carbonyl (C=O) groups is 2. The summed E-state index contributed by atoms with van der Waals surface area (Å²) < 4.78 is 20.7. The number of aliphatic hydroxyl groups excluding tert-OH is 3. The van der Waals surface area contributed by atoms with Crippen molar-refractivity contribution in [2.24, 2.45) is 11.3 Å². The lowest BCUT2D eigenvalue weighted by Gasteiger charge is -2.40. The van der Waals surface area contributed by atoms with Gasteiger partial charge in [0, 0.05) is 65.2 Å². The summed E-state index contributed by atoms with van der Waals surface area (Å²) in [4.78, 5) is 25.0. The molecule has 1 aliphatic rings. The number of rotatable bonds is 16. The normalized spacial score (nSPS) is 18.0. The van der Waals surface area contributed by atoms with Crippen LogP contribution >= 0.6 is 0 Å². The monoisotopic (exact) mass is 671 g/mol. The van der Waals surface area contributed by atoms with Crippen molar-refractivity contribution in [3.63, 3.8) is 0 Å². The Morgan fingerprint density at radius 2 is 1.68 bits per heavy atom. The van der Waals surface area contributed by atoms with Crippen LogP contribution in [-0.2, 0) is 30.2 Å². The van der Waals surface area contributed by atoms with E-state index < -0.39 is 59.8 Å². The summed E-state index contributed by atoms with van der Waals surface area (Å²) in [5, 5.41) is 55.4. The Hall–Kier alpha value is -2.74. The molecule has 0 saturated heterocycles. The molecule has 0 fully saturated rings. The van der Waals surface area contributed by atoms with Gasteiger partial charge < -0.3 is 49.8 Å². The van der Waals surface area contributed by atoms with Gasteiger partial charge in [-0.2, -0.15) is 0 Å². The van der Waals surface area contributed by atoms with Gasteiger partial charge in [-0.1, -0.05) is 40.2 Å². The van der Waals surface area contributed by atoms with E-state index in [4.69, 9.17) is 14.2 Å². The van der Waals surface area contributed by atoms with E-state index in [1.165, 1.54) is 14.2 Å². The molecule has 0 aliphatic carbocycles. The number of fused-ring (bicyclic) bond motifs is 1. The zero-order valence-electron chi connectivity index (χ0n) is 30.3. The van der Waals surface area contributed by atoms with Crippen molar-refractivity contribution < 1.29 is 54.1 Å². The van der Waals surface area contributed by atoms with Crippen LogP contribution in [0.25, 0.3) is 0 Å². The summed E-state index contributed by atoms with van der Waals surface area (Å²) in [5.74, 6) is -2.26. The summed E-state index contributed by atoms with van der Waals surface area (Å²) in [6.07, 6.45) is -3.60. The van der Waals surface area contributed by atoms with Crippen molar-refractivity contribution in [1.82, 2.24) is 5.32 Å². The third kappa shape index (κ3) is 12.7. The molecule has 6 N–H and O–H groups in total. The van der Waals surface area contributed by atoms with Crippen molar-refractivity contribution in [2.45, 2.75) is 117 Å². The zero-order chi connectivity index (χ0) is 36.6. The lowest BCUT2D eigenvalue weighted by atomic mass is 9.75. The number of methoxy groups -OCH3 is 3. The topological polar surface area (TPSA) is 184 Å². The molecule has 12 heteroatoms. The fourth-order valence-corrected chi connectivity index (χ4v) is 5.44. The Labute approximate surface area is 281 Å². The average Bonchev–Trinajstić information content (AvgIpc) is 3.02. The van der Waals surface area contributed by atoms with E-state index in [0.717, 1.165) is 11.6 Å². The molecule has 12 nitrogen and oxygen atoms in total. The third-order valence-electron chi connectivity index (χ3n) is 8.58. The second-order valence-corrected chi connectivity index (χ2v) is 12.5. The molecule has 0 bridgehead atoms. The number of hydrogen-bond acceptors (Lipinski definition) is 11. The van der Waals surface area contributed by atoms with Gasteiger partial charge in [-0.25, -0.2) is 4.79 Å². The van der Waals surface area contributed by atoms with Crippen LogP contribution in [0.3, 0.4) is 0 Å². The molecule has 0 saturated carbocycles. The van der Waals surface area contributed by atoms with Crippen LogP contribution in [0, 0.1) is 18.3 Å². The molecular weight excluding hydrogens is 610 g/mol. The zero-order valence-corrected chi connectivity index (χ0v) is 30.3. The van der Waals surface area contributed by atoms with Gasteiger partial charge >= 0.3 is 5.97 Å². The number of aromatic hydroxyl groups is 2. The van der Waals surface area contributed by atoms with Crippen LogP contribution in [0.2, 0.25) is 0 Å². The fraction of sp³-hybridized carbons (Fsp3) is 0.714. The number of cyclic esters (lactones) is 1. The van der Waals surface area contributed by atoms with Gasteiger partial charge in [-0.3, -0.25) is 4.79 Å². The van der Waals surface area contributed by atoms with Crippen LogP contribution < -0.4 is 5.32 Å². The van der Waals surface area contributed by atoms with Crippen molar-refractivity contribution in [3.8, 4) is 11.5 Å². The highest BCUT2D eigenvalue weighted by molar-refractivity contribution is 5.96. The average molecular weight is 672 g/mol. The molecule has 0 aromatic heterocycles. The number of aliphatic hydroxyl groups is 3. The second-order valence-electron chi connectivity index (χ2n) is 12.5. The Morgan fingerprint density at radius 3 is 2.19 bits per heavy atom. The highest BCUT2D eigenvalue weighted by Crippen LogP contribution is 2.39. The van der Waals surface area contributed by atoms with E-state index in [-0.39, 0.29) is 36.4 Å². The lowest BCUT2D eigenvalue weighted by Crippen LogP contribution is -2.46. The maximum atomic E-state index is 12.7. The summed E-state index contributed by atoms with van der Waals surface area (Å²) in [6.45, 7) is 16.9. The van der Waals surface area contributed by atoms with Crippen LogP contribution in [0.4, 0.5) is 0 Å². The fourth-order valence-electron chi connectivity index (χ4n) is 5.44. The molecule has 272 valence electrons. The first-order valence-corrected chi connectivity index (χ1v) is 16.2. The number of amides is 1. The summed E-state index contributed by atoms with van der Waals surface area (Å²) >= 11 is 0. The maximum Gasteiger partial charge on any atom is 0.342 e. The molecular formula is C35H61NO11. The Bertz CT molecular complexity index is 1120. The standard InChI is InChI=1S/C31H49NO10.C2H6O.C2H6/c1-16(2)12-24(40-7)28(37)29(38)32-11-9-10-25(36)31(5,6)26(41-8)15-21(34)18(4)23-13-19-17(3)20(33)14-22(35)27(19)30(39)42-23;1-3-2;1-2/h14,18,21,23-26,28,33-37H,1,9-13,15H2,2-8H3,(H,32,38);1-2H3;1-2H3/t18?,21?,23?,24?,25-,26-,28?;;/m1../s1. The van der Waals surface area contributed by atoms with Crippen molar-refractivity contribution in [1.29, 1.82) is 0 Å². The first-order chi connectivity index (χ1) is 22.0. The molecule has 47 heavy (non-hydrogen) atoms. The van der Waals surface area contributed by atoms with E-state index in [2.05, 4.69) is 16.6 Å². The van der Waals surface area contributed by atoms with Gasteiger partial charge in [0.05, 0.1) is 24.4 Å². The van der Waals surface area contributed by atoms with Gasteiger partial charge in [-0.15, -0.1) is 6.58 Å². The summed E-state index contributed by atoms with van der Waals surface area (Å²) in [6, 6.07) is 1.11. The predicted octanol–water partition coefficient (Wildman–Crippen LogP) is 3.80. The second kappa shape index (κ2) is 21.3. The minimum absolute atomic E-state index is 0.0262. The number of phenols is 2. The number of ether oxygens (including phenoxy) is 4. The smallest absolute Gasteiger partial charge is 0.342 e. The molecule has 1 aromatic carbocycles. The van der Waals surface area contributed by atoms with E-state index in [9.17, 15) is 35.1 Å². The third-order valence-corrected chi connectivity index (χ3v) is 8.58. The van der Waals surface area contributed by atoms with Gasteiger partial charge in [0.2, 0.25) is 0 Å². The molecule has 7 atom stereocenters. The molecule has 1 aromatic rings. The Kier molecular flexibility index (Phi) is 20.0. The Balaban J connectivity index is 0.00000399. The van der Waals surface area contributed by atoms with E-state index in [1.54, 1.807) is 35.0 Å². The van der Waals surface area contributed by atoms with Crippen molar-refractivity contribution in [2.75, 3.05) is 35.0 Å². The summed E-state index contributed by atoms with van der Waals surface area (Å²) in [7, 11) is 6.17. The molecule has 2 rings (SSSR count). The highest BCUT2D eigenvalue weighted by Gasteiger charge is 2.41. The number of benzene rings is 1. The van der Waals surface area contributed by atoms with E-state index in [0.29, 0.717) is 30.4 Å². The van der Waals surface area contributed by atoms with Crippen LogP contribution in [0.5, 0.6) is 11.5 Å². The van der Waals surface area contributed by atoms with Gasteiger partial charge in [0.25, 0.3) is 5.91 Å². The van der Waals surface area contributed by atoms with Crippen molar-refractivity contribution >= 4 is 11.9 Å². The number of hydrogen-bond donors (Lipinski definition) is 6. The minimum atomic E-state index is -1.34. The van der Waals surface area contributed by atoms with E-state index in [1.807, 2.05) is 27.7 Å². The van der Waals surface area contributed by atoms with Gasteiger partial charge in [0.1, 0.15) is 23.2 Å². The van der Waals surface area contributed by atoms with Crippen molar-refractivity contribution in [3.05, 3.63) is 34.9 Å². The van der Waals surface area contributed by atoms with Gasteiger partial charge in [0.15, 0.2) is 6.10 Å². The molecule has 5 unspecified atom stereocenters. The van der Waals surface area contributed by atoms with Crippen LogP contribution in [0.1, 0.15) is 88.7 Å². The van der Waals surface area contributed by atoms with Crippen LogP contribution in [0.15, 0.2) is 18.2 Å². The lowest BCUT2D eigenvalue weighted by molar-refractivity contribution is -0.136. The molecule has 1 amide bonds. The minimum Gasteiger partial charge on any atom is -0.508 e. The number of nitrogens with one attached hydrogen (secondary N) is 1. The van der Waals surface area contributed by atoms with Gasteiger partial charge in [-0.05, 0) is 44.2 Å². The number of carbonyl (C=O) groups excluding carboxylic acids is 2.